The Bertz CT molecular complexity index is 657. The Balaban J connectivity index is 2.15. The highest BCUT2D eigenvalue weighted by atomic mass is 16.6. The number of methoxy groups -OCH3 is 1. The molecule has 2 aromatic carbocycles. The average molecular weight is 315 g/mol. The van der Waals surface area contributed by atoms with Crippen LogP contribution in [0.2, 0.25) is 0 Å². The van der Waals surface area contributed by atoms with Gasteiger partial charge >= 0.3 is 5.97 Å². The number of carbonyl (C=O) groups excluding carboxylic acids is 1. The summed E-state index contributed by atoms with van der Waals surface area (Å²) >= 11 is 0. The van der Waals surface area contributed by atoms with Gasteiger partial charge in [-0.2, -0.15) is 0 Å². The summed E-state index contributed by atoms with van der Waals surface area (Å²) in [6, 6.07) is 14.1. The third-order valence-electron chi connectivity index (χ3n) is 3.53. The third-order valence-corrected chi connectivity index (χ3v) is 3.53. The molecule has 2 aromatic rings. The second-order valence-electron chi connectivity index (χ2n) is 5.29. The van der Waals surface area contributed by atoms with Gasteiger partial charge in [0.25, 0.3) is 0 Å². The van der Waals surface area contributed by atoms with Crippen molar-refractivity contribution in [2.75, 3.05) is 7.11 Å². The first-order valence-corrected chi connectivity index (χ1v) is 7.35. The van der Waals surface area contributed by atoms with E-state index in [0.29, 0.717) is 23.5 Å². The molecule has 0 radical (unpaired) electrons. The predicted molar refractivity (Wildman–Crippen MR) is 87.4 cm³/mol. The molecule has 0 aliphatic carbocycles. The zero-order valence-corrected chi connectivity index (χ0v) is 13.2. The molecule has 0 bridgehead atoms. The van der Waals surface area contributed by atoms with Gasteiger partial charge in [0, 0.05) is 13.3 Å². The number of hydrogen-bond donors (Lipinski definition) is 2. The molecule has 0 aromatic heterocycles. The fourth-order valence-electron chi connectivity index (χ4n) is 2.34. The van der Waals surface area contributed by atoms with Crippen molar-refractivity contribution in [1.82, 2.24) is 0 Å². The first-order chi connectivity index (χ1) is 11.0. The van der Waals surface area contributed by atoms with Gasteiger partial charge in [-0.1, -0.05) is 36.4 Å². The van der Waals surface area contributed by atoms with E-state index in [1.807, 2.05) is 30.3 Å². The van der Waals surface area contributed by atoms with Crippen LogP contribution in [0.15, 0.2) is 48.5 Å². The zero-order valence-electron chi connectivity index (χ0n) is 13.2. The molecule has 0 aliphatic rings. The van der Waals surface area contributed by atoms with E-state index < -0.39 is 18.1 Å². The van der Waals surface area contributed by atoms with Crippen molar-refractivity contribution in [2.24, 2.45) is 5.73 Å². The topological polar surface area (TPSA) is 81.8 Å². The largest absolute Gasteiger partial charge is 0.493 e. The molecular weight excluding hydrogens is 294 g/mol. The van der Waals surface area contributed by atoms with Crippen molar-refractivity contribution in [3.05, 3.63) is 59.7 Å². The molecule has 0 saturated carbocycles. The SMILES string of the molecule is COc1cc([C@H](N)[C@H](O)Cc2ccccc2)ccc1OC(C)=O. The fourth-order valence-corrected chi connectivity index (χ4v) is 2.34. The van der Waals surface area contributed by atoms with E-state index in [1.165, 1.54) is 14.0 Å². The number of hydrogen-bond acceptors (Lipinski definition) is 5. The van der Waals surface area contributed by atoms with Crippen LogP contribution in [0.4, 0.5) is 0 Å². The standard InChI is InChI=1S/C18H21NO4/c1-12(20)23-16-9-8-14(11-17(16)22-2)18(19)15(21)10-13-6-4-3-5-7-13/h3-9,11,15,18,21H,10,19H2,1-2H3/t15-,18+/m1/s1. The average Bonchev–Trinajstić information content (AvgIpc) is 2.55. The van der Waals surface area contributed by atoms with Gasteiger partial charge in [0.05, 0.1) is 19.3 Å². The van der Waals surface area contributed by atoms with E-state index >= 15 is 0 Å². The lowest BCUT2D eigenvalue weighted by Crippen LogP contribution is -2.28. The maximum absolute atomic E-state index is 11.1. The number of benzene rings is 2. The van der Waals surface area contributed by atoms with Gasteiger partial charge in [0.2, 0.25) is 0 Å². The summed E-state index contributed by atoms with van der Waals surface area (Å²) in [4.78, 5) is 11.1. The van der Waals surface area contributed by atoms with Gasteiger partial charge in [0.15, 0.2) is 11.5 Å². The summed E-state index contributed by atoms with van der Waals surface area (Å²) in [7, 11) is 1.48. The highest BCUT2D eigenvalue weighted by Gasteiger charge is 2.19. The molecule has 122 valence electrons. The number of rotatable bonds is 6. The van der Waals surface area contributed by atoms with Crippen LogP contribution in [0, 0.1) is 0 Å². The zero-order chi connectivity index (χ0) is 16.8. The molecule has 23 heavy (non-hydrogen) atoms. The smallest absolute Gasteiger partial charge is 0.308 e. The van der Waals surface area contributed by atoms with Crippen molar-refractivity contribution in [3.8, 4) is 11.5 Å². The van der Waals surface area contributed by atoms with Crippen LogP contribution < -0.4 is 15.2 Å². The Labute approximate surface area is 135 Å². The minimum Gasteiger partial charge on any atom is -0.493 e. The third kappa shape index (κ3) is 4.55. The molecule has 0 aliphatic heterocycles. The first-order valence-electron chi connectivity index (χ1n) is 7.35. The number of ether oxygens (including phenoxy) is 2. The Morgan fingerprint density at radius 3 is 2.48 bits per heavy atom. The minimum absolute atomic E-state index is 0.327. The lowest BCUT2D eigenvalue weighted by atomic mass is 9.96. The number of carbonyl (C=O) groups is 1. The first kappa shape index (κ1) is 17.0. The van der Waals surface area contributed by atoms with E-state index in [4.69, 9.17) is 15.2 Å². The number of aliphatic hydroxyl groups is 1. The monoisotopic (exact) mass is 315 g/mol. The lowest BCUT2D eigenvalue weighted by Gasteiger charge is -2.20. The maximum atomic E-state index is 11.1. The Kier molecular flexibility index (Phi) is 5.73. The highest BCUT2D eigenvalue weighted by Crippen LogP contribution is 2.31. The summed E-state index contributed by atoms with van der Waals surface area (Å²) < 4.78 is 10.3. The van der Waals surface area contributed by atoms with Crippen molar-refractivity contribution in [1.29, 1.82) is 0 Å². The molecule has 2 rings (SSSR count). The van der Waals surface area contributed by atoms with E-state index in [-0.39, 0.29) is 0 Å². The predicted octanol–water partition coefficient (Wildman–Crippen LogP) is 2.22. The molecule has 0 saturated heterocycles. The molecule has 0 amide bonds. The molecule has 0 fully saturated rings. The summed E-state index contributed by atoms with van der Waals surface area (Å²) in [6.07, 6.45) is -0.280. The van der Waals surface area contributed by atoms with Crippen LogP contribution in [0.3, 0.4) is 0 Å². The number of esters is 1. The van der Waals surface area contributed by atoms with Crippen LogP contribution in [-0.4, -0.2) is 24.3 Å². The molecule has 0 spiro atoms. The van der Waals surface area contributed by atoms with Crippen molar-refractivity contribution >= 4 is 5.97 Å². The van der Waals surface area contributed by atoms with Crippen molar-refractivity contribution in [3.63, 3.8) is 0 Å². The van der Waals surface area contributed by atoms with E-state index in [9.17, 15) is 9.90 Å². The van der Waals surface area contributed by atoms with Crippen LogP contribution >= 0.6 is 0 Å². The molecule has 3 N–H and O–H groups in total. The maximum Gasteiger partial charge on any atom is 0.308 e. The second-order valence-corrected chi connectivity index (χ2v) is 5.29. The molecular formula is C18H21NO4. The Hall–Kier alpha value is -2.37. The quantitative estimate of drug-likeness (QED) is 0.631. The fraction of sp³-hybridized carbons (Fsp3) is 0.278. The summed E-state index contributed by atoms with van der Waals surface area (Å²) in [5.74, 6) is 0.304. The normalized spacial score (nSPS) is 13.2. The lowest BCUT2D eigenvalue weighted by molar-refractivity contribution is -0.132. The van der Waals surface area contributed by atoms with Gasteiger partial charge in [-0.05, 0) is 23.3 Å². The highest BCUT2D eigenvalue weighted by molar-refractivity contribution is 5.70. The van der Waals surface area contributed by atoms with Gasteiger partial charge in [-0.3, -0.25) is 4.79 Å². The Morgan fingerprint density at radius 1 is 1.17 bits per heavy atom. The van der Waals surface area contributed by atoms with Crippen LogP contribution in [-0.2, 0) is 11.2 Å². The summed E-state index contributed by atoms with van der Waals surface area (Å²) in [5.41, 5.74) is 7.87. The van der Waals surface area contributed by atoms with E-state index in [2.05, 4.69) is 0 Å². The number of aliphatic hydroxyl groups excluding tert-OH is 1. The Morgan fingerprint density at radius 2 is 1.87 bits per heavy atom. The molecule has 5 nitrogen and oxygen atoms in total. The van der Waals surface area contributed by atoms with E-state index in [0.717, 1.165) is 5.56 Å². The molecule has 2 atom stereocenters. The second kappa shape index (κ2) is 7.76. The van der Waals surface area contributed by atoms with Gasteiger partial charge in [-0.15, -0.1) is 0 Å². The van der Waals surface area contributed by atoms with Gasteiger partial charge in [0.1, 0.15) is 0 Å². The minimum atomic E-state index is -0.735. The van der Waals surface area contributed by atoms with Crippen molar-refractivity contribution in [2.45, 2.75) is 25.5 Å². The molecule has 5 heteroatoms. The number of nitrogens with two attached hydrogens (primary N) is 1. The molecule has 0 unspecified atom stereocenters. The van der Waals surface area contributed by atoms with Crippen LogP contribution in [0.25, 0.3) is 0 Å². The summed E-state index contributed by atoms with van der Waals surface area (Å²) in [6.45, 7) is 1.32. The van der Waals surface area contributed by atoms with Crippen LogP contribution in [0.5, 0.6) is 11.5 Å². The molecule has 0 heterocycles. The summed E-state index contributed by atoms with van der Waals surface area (Å²) in [5, 5.41) is 10.4. The van der Waals surface area contributed by atoms with Gasteiger partial charge < -0.3 is 20.3 Å². The van der Waals surface area contributed by atoms with Crippen molar-refractivity contribution < 1.29 is 19.4 Å². The van der Waals surface area contributed by atoms with Crippen LogP contribution in [0.1, 0.15) is 24.1 Å². The van der Waals surface area contributed by atoms with E-state index in [1.54, 1.807) is 18.2 Å². The van der Waals surface area contributed by atoms with Gasteiger partial charge in [-0.25, -0.2) is 0 Å².